The SMILES string of the molecule is COc1cc2nn(C3CC[C@@]4(CCC(=O)N4C)CC3C)cc2cc1Br. The molecule has 1 aromatic heterocycles. The second-order valence-corrected chi connectivity index (χ2v) is 8.47. The molecule has 2 aliphatic rings. The smallest absolute Gasteiger partial charge is 0.222 e. The van der Waals surface area contributed by atoms with Crippen molar-refractivity contribution in [3.63, 3.8) is 0 Å². The Hall–Kier alpha value is -1.56. The zero-order valence-corrected chi connectivity index (χ0v) is 16.5. The van der Waals surface area contributed by atoms with Crippen LogP contribution in [0.4, 0.5) is 0 Å². The Labute approximate surface area is 156 Å². The number of amides is 1. The van der Waals surface area contributed by atoms with E-state index in [2.05, 4.69) is 39.8 Å². The summed E-state index contributed by atoms with van der Waals surface area (Å²) in [7, 11) is 3.65. The summed E-state index contributed by atoms with van der Waals surface area (Å²) in [6.45, 7) is 2.30. The van der Waals surface area contributed by atoms with E-state index in [4.69, 9.17) is 9.84 Å². The first kappa shape index (κ1) is 16.9. The molecule has 5 nitrogen and oxygen atoms in total. The summed E-state index contributed by atoms with van der Waals surface area (Å²) in [6.07, 6.45) is 7.03. The number of halogens is 1. The molecule has 4 rings (SSSR count). The van der Waals surface area contributed by atoms with Crippen molar-refractivity contribution in [3.8, 4) is 5.75 Å². The van der Waals surface area contributed by atoms with E-state index in [-0.39, 0.29) is 5.54 Å². The number of methoxy groups -OCH3 is 1. The highest BCUT2D eigenvalue weighted by Gasteiger charge is 2.47. The van der Waals surface area contributed by atoms with Crippen LogP contribution in [0.2, 0.25) is 0 Å². The normalized spacial score (nSPS) is 29.8. The Morgan fingerprint density at radius 1 is 1.36 bits per heavy atom. The van der Waals surface area contributed by atoms with E-state index in [1.807, 2.05) is 18.0 Å². The minimum Gasteiger partial charge on any atom is -0.495 e. The average molecular weight is 406 g/mol. The third-order valence-electron chi connectivity index (χ3n) is 6.29. The van der Waals surface area contributed by atoms with Gasteiger partial charge in [-0.1, -0.05) is 6.92 Å². The van der Waals surface area contributed by atoms with Crippen molar-refractivity contribution in [1.29, 1.82) is 0 Å². The van der Waals surface area contributed by atoms with Gasteiger partial charge in [0.15, 0.2) is 0 Å². The van der Waals surface area contributed by atoms with Crippen LogP contribution < -0.4 is 4.74 Å². The van der Waals surface area contributed by atoms with Crippen LogP contribution in [-0.4, -0.2) is 40.3 Å². The molecular formula is C19H24BrN3O2. The number of benzene rings is 1. The number of nitrogens with zero attached hydrogens (tertiary/aromatic N) is 3. The van der Waals surface area contributed by atoms with Gasteiger partial charge in [0.25, 0.3) is 0 Å². The predicted octanol–water partition coefficient (Wildman–Crippen LogP) is 4.16. The largest absolute Gasteiger partial charge is 0.495 e. The van der Waals surface area contributed by atoms with Crippen LogP contribution in [0.3, 0.4) is 0 Å². The van der Waals surface area contributed by atoms with Crippen LogP contribution in [0, 0.1) is 5.92 Å². The Kier molecular flexibility index (Phi) is 4.06. The second kappa shape index (κ2) is 6.01. The summed E-state index contributed by atoms with van der Waals surface area (Å²) in [4.78, 5) is 14.0. The molecule has 6 heteroatoms. The third-order valence-corrected chi connectivity index (χ3v) is 6.91. The fraction of sp³-hybridized carbons (Fsp3) is 0.579. The van der Waals surface area contributed by atoms with Crippen molar-refractivity contribution in [2.45, 2.75) is 50.6 Å². The summed E-state index contributed by atoms with van der Waals surface area (Å²) < 4.78 is 8.46. The molecule has 1 amide bonds. The number of fused-ring (bicyclic) bond motifs is 1. The van der Waals surface area contributed by atoms with E-state index >= 15 is 0 Å². The van der Waals surface area contributed by atoms with Gasteiger partial charge < -0.3 is 9.64 Å². The van der Waals surface area contributed by atoms with Crippen LogP contribution in [-0.2, 0) is 4.79 Å². The van der Waals surface area contributed by atoms with Crippen molar-refractivity contribution in [2.75, 3.05) is 14.2 Å². The quantitative estimate of drug-likeness (QED) is 0.753. The van der Waals surface area contributed by atoms with Crippen molar-refractivity contribution < 1.29 is 9.53 Å². The number of hydrogen-bond donors (Lipinski definition) is 0. The lowest BCUT2D eigenvalue weighted by Gasteiger charge is -2.45. The van der Waals surface area contributed by atoms with Gasteiger partial charge in [0.05, 0.1) is 23.1 Å². The molecule has 1 spiro atoms. The summed E-state index contributed by atoms with van der Waals surface area (Å²) in [5, 5.41) is 5.94. The molecule has 3 atom stereocenters. The van der Waals surface area contributed by atoms with Crippen LogP contribution in [0.1, 0.15) is 45.1 Å². The van der Waals surface area contributed by atoms with Gasteiger partial charge in [0.2, 0.25) is 5.91 Å². The van der Waals surface area contributed by atoms with Crippen molar-refractivity contribution in [1.82, 2.24) is 14.7 Å². The highest BCUT2D eigenvalue weighted by Crippen LogP contribution is 2.47. The number of carbonyl (C=O) groups is 1. The highest BCUT2D eigenvalue weighted by molar-refractivity contribution is 9.10. The minimum atomic E-state index is 0.0752. The van der Waals surface area contributed by atoms with Gasteiger partial charge in [-0.15, -0.1) is 0 Å². The Morgan fingerprint density at radius 2 is 2.16 bits per heavy atom. The molecule has 2 aromatic rings. The van der Waals surface area contributed by atoms with Crippen LogP contribution in [0.5, 0.6) is 5.75 Å². The maximum Gasteiger partial charge on any atom is 0.222 e. The molecule has 1 aliphatic carbocycles. The molecular weight excluding hydrogens is 382 g/mol. The van der Waals surface area contributed by atoms with E-state index < -0.39 is 0 Å². The molecule has 0 radical (unpaired) electrons. The highest BCUT2D eigenvalue weighted by atomic mass is 79.9. The molecule has 1 aromatic carbocycles. The van der Waals surface area contributed by atoms with Crippen molar-refractivity contribution >= 4 is 32.7 Å². The first-order valence-corrected chi connectivity index (χ1v) is 9.72. The number of ether oxygens (including phenoxy) is 1. The molecule has 25 heavy (non-hydrogen) atoms. The Morgan fingerprint density at radius 3 is 2.80 bits per heavy atom. The molecule has 2 unspecified atom stereocenters. The van der Waals surface area contributed by atoms with Gasteiger partial charge in [0, 0.05) is 36.7 Å². The lowest BCUT2D eigenvalue weighted by atomic mass is 9.72. The van der Waals surface area contributed by atoms with Gasteiger partial charge in [-0.2, -0.15) is 5.10 Å². The van der Waals surface area contributed by atoms with Crippen molar-refractivity contribution in [3.05, 3.63) is 22.8 Å². The number of carbonyl (C=O) groups excluding carboxylic acids is 1. The van der Waals surface area contributed by atoms with E-state index in [9.17, 15) is 4.79 Å². The summed E-state index contributed by atoms with van der Waals surface area (Å²) in [5.74, 6) is 1.59. The summed E-state index contributed by atoms with van der Waals surface area (Å²) >= 11 is 3.55. The van der Waals surface area contributed by atoms with Gasteiger partial charge >= 0.3 is 0 Å². The van der Waals surface area contributed by atoms with Crippen LogP contribution in [0.25, 0.3) is 10.9 Å². The van der Waals surface area contributed by atoms with Gasteiger partial charge in [-0.3, -0.25) is 9.48 Å². The molecule has 134 valence electrons. The number of hydrogen-bond acceptors (Lipinski definition) is 3. The fourth-order valence-electron chi connectivity index (χ4n) is 4.77. The van der Waals surface area contributed by atoms with E-state index in [1.165, 1.54) is 0 Å². The molecule has 1 saturated carbocycles. The molecule has 1 saturated heterocycles. The molecule has 2 heterocycles. The average Bonchev–Trinajstić information content (AvgIpc) is 3.10. The number of aromatic nitrogens is 2. The van der Waals surface area contributed by atoms with E-state index in [0.29, 0.717) is 24.3 Å². The van der Waals surface area contributed by atoms with Gasteiger partial charge in [-0.05, 0) is 53.6 Å². The molecule has 0 bridgehead atoms. The van der Waals surface area contributed by atoms with Crippen LogP contribution >= 0.6 is 15.9 Å². The Bertz CT molecular complexity index is 833. The zero-order valence-electron chi connectivity index (χ0n) is 15.0. The fourth-order valence-corrected chi connectivity index (χ4v) is 5.30. The van der Waals surface area contributed by atoms with Crippen molar-refractivity contribution in [2.24, 2.45) is 5.92 Å². The number of likely N-dealkylation sites (tertiary alicyclic amines) is 1. The summed E-state index contributed by atoms with van der Waals surface area (Å²) in [5.41, 5.74) is 1.03. The number of rotatable bonds is 2. The monoisotopic (exact) mass is 405 g/mol. The van der Waals surface area contributed by atoms with Gasteiger partial charge in [-0.25, -0.2) is 0 Å². The lowest BCUT2D eigenvalue weighted by Crippen LogP contribution is -2.48. The standard InChI is InChI=1S/C19H24BrN3O2/c1-12-10-19(7-5-18(24)22(19)2)6-4-16(12)23-11-13-8-14(20)17(25-3)9-15(13)21-23/h8-9,11-12,16H,4-7,10H2,1-3H3/t12?,16?,19-/m1/s1. The zero-order chi connectivity index (χ0) is 17.8. The van der Waals surface area contributed by atoms with E-state index in [1.54, 1.807) is 7.11 Å². The maximum absolute atomic E-state index is 12.0. The first-order chi connectivity index (χ1) is 11.9. The Balaban J connectivity index is 1.61. The second-order valence-electron chi connectivity index (χ2n) is 7.62. The molecule has 2 fully saturated rings. The minimum absolute atomic E-state index is 0.0752. The van der Waals surface area contributed by atoms with Crippen LogP contribution in [0.15, 0.2) is 22.8 Å². The molecule has 0 N–H and O–H groups in total. The lowest BCUT2D eigenvalue weighted by molar-refractivity contribution is -0.131. The third kappa shape index (κ3) is 2.65. The van der Waals surface area contributed by atoms with Gasteiger partial charge in [0.1, 0.15) is 5.75 Å². The topological polar surface area (TPSA) is 47.4 Å². The van der Waals surface area contributed by atoms with E-state index in [0.717, 1.165) is 46.8 Å². The predicted molar refractivity (Wildman–Crippen MR) is 101 cm³/mol. The molecule has 1 aliphatic heterocycles. The first-order valence-electron chi connectivity index (χ1n) is 8.92. The maximum atomic E-state index is 12.0. The summed E-state index contributed by atoms with van der Waals surface area (Å²) in [6, 6.07) is 4.43.